The minimum absolute atomic E-state index is 0.246. The Kier molecular flexibility index (Phi) is 2.42. The van der Waals surface area contributed by atoms with Crippen molar-refractivity contribution in [1.82, 2.24) is 4.90 Å². The van der Waals surface area contributed by atoms with Crippen molar-refractivity contribution in [2.24, 2.45) is 16.6 Å². The Balaban J connectivity index is 1.79. The van der Waals surface area contributed by atoms with Gasteiger partial charge < -0.3 is 15.7 Å². The summed E-state index contributed by atoms with van der Waals surface area (Å²) in [5, 5.41) is 9.31. The molecule has 1 aromatic rings. The van der Waals surface area contributed by atoms with Crippen molar-refractivity contribution < 1.29 is 5.11 Å². The molecule has 0 saturated heterocycles. The summed E-state index contributed by atoms with van der Waals surface area (Å²) in [6.45, 7) is 1.74. The number of aromatic hydroxyl groups is 1. The zero-order chi connectivity index (χ0) is 11.8. The van der Waals surface area contributed by atoms with E-state index in [9.17, 15) is 5.11 Å². The lowest BCUT2D eigenvalue weighted by Gasteiger charge is -2.26. The van der Waals surface area contributed by atoms with E-state index in [1.54, 1.807) is 12.1 Å². The van der Waals surface area contributed by atoms with Gasteiger partial charge in [-0.2, -0.15) is 0 Å². The van der Waals surface area contributed by atoms with Crippen molar-refractivity contribution in [1.29, 1.82) is 0 Å². The predicted octanol–water partition coefficient (Wildman–Crippen LogP) is 1.47. The number of aliphatic imine (C=N–C) groups is 1. The Morgan fingerprint density at radius 1 is 1.29 bits per heavy atom. The number of phenolic OH excluding ortho intramolecular Hbond substituents is 1. The van der Waals surface area contributed by atoms with Crippen molar-refractivity contribution in [3.05, 3.63) is 29.8 Å². The first kappa shape index (κ1) is 10.4. The lowest BCUT2D eigenvalue weighted by atomic mass is 10.1. The quantitative estimate of drug-likeness (QED) is 0.828. The first-order valence-electron chi connectivity index (χ1n) is 6.09. The van der Waals surface area contributed by atoms with Gasteiger partial charge in [-0.15, -0.1) is 0 Å². The number of nitrogens with zero attached hydrogens (tertiary/aromatic N) is 2. The molecule has 2 aliphatic rings. The zero-order valence-electron chi connectivity index (χ0n) is 9.71. The van der Waals surface area contributed by atoms with Gasteiger partial charge in [0.05, 0.1) is 12.6 Å². The lowest BCUT2D eigenvalue weighted by Crippen LogP contribution is -2.37. The van der Waals surface area contributed by atoms with Crippen LogP contribution in [0.2, 0.25) is 0 Å². The van der Waals surface area contributed by atoms with Crippen LogP contribution in [-0.2, 0) is 0 Å². The van der Waals surface area contributed by atoms with Crippen LogP contribution in [0.5, 0.6) is 5.75 Å². The molecule has 3 rings (SSSR count). The molecule has 0 radical (unpaired) electrons. The van der Waals surface area contributed by atoms with Gasteiger partial charge in [0.25, 0.3) is 0 Å². The van der Waals surface area contributed by atoms with Crippen molar-refractivity contribution in [3.8, 4) is 5.75 Å². The van der Waals surface area contributed by atoms with Crippen LogP contribution in [-0.4, -0.2) is 29.1 Å². The molecule has 0 aromatic heterocycles. The van der Waals surface area contributed by atoms with E-state index in [0.29, 0.717) is 11.7 Å². The number of hydrogen-bond donors (Lipinski definition) is 2. The molecule has 1 aliphatic carbocycles. The monoisotopic (exact) mass is 231 g/mol. The molecule has 3 N–H and O–H groups in total. The van der Waals surface area contributed by atoms with Gasteiger partial charge in [-0.3, -0.25) is 4.99 Å². The third-order valence-corrected chi connectivity index (χ3v) is 3.53. The van der Waals surface area contributed by atoms with Gasteiger partial charge in [0, 0.05) is 6.54 Å². The highest BCUT2D eigenvalue weighted by Gasteiger charge is 2.32. The molecule has 0 amide bonds. The number of hydrogen-bond acceptors (Lipinski definition) is 4. The molecule has 4 heteroatoms. The molecule has 4 nitrogen and oxygen atoms in total. The first-order valence-corrected chi connectivity index (χ1v) is 6.09. The van der Waals surface area contributed by atoms with E-state index in [2.05, 4.69) is 9.89 Å². The number of rotatable bonds is 3. The van der Waals surface area contributed by atoms with E-state index in [1.807, 2.05) is 12.1 Å². The van der Waals surface area contributed by atoms with Crippen molar-refractivity contribution in [3.63, 3.8) is 0 Å². The van der Waals surface area contributed by atoms with Crippen LogP contribution in [0.3, 0.4) is 0 Å². The van der Waals surface area contributed by atoms with Gasteiger partial charge in [0.2, 0.25) is 0 Å². The fourth-order valence-electron chi connectivity index (χ4n) is 2.31. The fraction of sp³-hybridized carbons (Fsp3) is 0.462. The highest BCUT2D eigenvalue weighted by atomic mass is 16.3. The minimum atomic E-state index is 0.246. The molecule has 1 heterocycles. The van der Waals surface area contributed by atoms with E-state index in [1.165, 1.54) is 18.4 Å². The maximum atomic E-state index is 9.31. The molecule has 1 unspecified atom stereocenters. The molecule has 1 fully saturated rings. The van der Waals surface area contributed by atoms with E-state index in [-0.39, 0.29) is 6.04 Å². The summed E-state index contributed by atoms with van der Waals surface area (Å²) >= 11 is 0. The molecule has 1 saturated carbocycles. The standard InChI is InChI=1S/C13H17N3O/c14-13-15-7-12(16(13)8-9-1-2-9)10-3-5-11(17)6-4-10/h3-6,9,12,17H,1-2,7-8H2,(H2,14,15). The van der Waals surface area contributed by atoms with Crippen LogP contribution >= 0.6 is 0 Å². The summed E-state index contributed by atoms with van der Waals surface area (Å²) in [5.74, 6) is 1.76. The summed E-state index contributed by atoms with van der Waals surface area (Å²) in [6.07, 6.45) is 2.62. The topological polar surface area (TPSA) is 61.9 Å². The Morgan fingerprint density at radius 2 is 2.00 bits per heavy atom. The van der Waals surface area contributed by atoms with Gasteiger partial charge in [-0.25, -0.2) is 0 Å². The van der Waals surface area contributed by atoms with E-state index in [0.717, 1.165) is 19.0 Å². The third-order valence-electron chi connectivity index (χ3n) is 3.53. The predicted molar refractivity (Wildman–Crippen MR) is 66.8 cm³/mol. The molecular formula is C13H17N3O. The summed E-state index contributed by atoms with van der Waals surface area (Å²) in [4.78, 5) is 6.53. The van der Waals surface area contributed by atoms with Crippen LogP contribution in [0.25, 0.3) is 0 Å². The zero-order valence-corrected chi connectivity index (χ0v) is 9.71. The molecule has 1 aliphatic heterocycles. The van der Waals surface area contributed by atoms with Gasteiger partial charge >= 0.3 is 0 Å². The maximum Gasteiger partial charge on any atom is 0.191 e. The fourth-order valence-corrected chi connectivity index (χ4v) is 2.31. The van der Waals surface area contributed by atoms with Crippen molar-refractivity contribution >= 4 is 5.96 Å². The summed E-state index contributed by atoms with van der Waals surface area (Å²) in [5.41, 5.74) is 7.11. The number of nitrogens with two attached hydrogens (primary N) is 1. The molecular weight excluding hydrogens is 214 g/mol. The van der Waals surface area contributed by atoms with Gasteiger partial charge in [0.1, 0.15) is 5.75 Å². The maximum absolute atomic E-state index is 9.31. The van der Waals surface area contributed by atoms with Crippen LogP contribution < -0.4 is 5.73 Å². The van der Waals surface area contributed by atoms with E-state index in [4.69, 9.17) is 5.73 Å². The minimum Gasteiger partial charge on any atom is -0.508 e. The Morgan fingerprint density at radius 3 is 2.65 bits per heavy atom. The molecule has 1 aromatic carbocycles. The second kappa shape index (κ2) is 3.95. The van der Waals surface area contributed by atoms with Gasteiger partial charge in [0.15, 0.2) is 5.96 Å². The summed E-state index contributed by atoms with van der Waals surface area (Å²) < 4.78 is 0. The van der Waals surface area contributed by atoms with Crippen molar-refractivity contribution in [2.75, 3.05) is 13.1 Å². The molecule has 90 valence electrons. The van der Waals surface area contributed by atoms with Crippen LogP contribution in [0.1, 0.15) is 24.4 Å². The van der Waals surface area contributed by atoms with Crippen LogP contribution in [0, 0.1) is 5.92 Å². The summed E-state index contributed by atoms with van der Waals surface area (Å²) in [6, 6.07) is 7.59. The second-order valence-corrected chi connectivity index (χ2v) is 4.90. The number of guanidine groups is 1. The van der Waals surface area contributed by atoms with Crippen molar-refractivity contribution in [2.45, 2.75) is 18.9 Å². The highest BCUT2D eigenvalue weighted by Crippen LogP contribution is 2.34. The van der Waals surface area contributed by atoms with E-state index >= 15 is 0 Å². The largest absolute Gasteiger partial charge is 0.508 e. The average Bonchev–Trinajstić information content (AvgIpc) is 3.07. The van der Waals surface area contributed by atoms with Gasteiger partial charge in [-0.05, 0) is 36.5 Å². The molecule has 0 bridgehead atoms. The second-order valence-electron chi connectivity index (χ2n) is 4.90. The average molecular weight is 231 g/mol. The SMILES string of the molecule is NC1=NCC(c2ccc(O)cc2)N1CC1CC1. The number of phenols is 1. The number of benzene rings is 1. The Hall–Kier alpha value is -1.71. The van der Waals surface area contributed by atoms with Crippen LogP contribution in [0.15, 0.2) is 29.3 Å². The van der Waals surface area contributed by atoms with Gasteiger partial charge in [-0.1, -0.05) is 12.1 Å². The molecule has 1 atom stereocenters. The van der Waals surface area contributed by atoms with E-state index < -0.39 is 0 Å². The molecule has 17 heavy (non-hydrogen) atoms. The normalized spacial score (nSPS) is 23.9. The Bertz CT molecular complexity index is 436. The lowest BCUT2D eigenvalue weighted by molar-refractivity contribution is 0.333. The third kappa shape index (κ3) is 2.07. The first-order chi connectivity index (χ1) is 8.24. The highest BCUT2D eigenvalue weighted by molar-refractivity contribution is 5.80. The van der Waals surface area contributed by atoms with Crippen LogP contribution in [0.4, 0.5) is 0 Å². The smallest absolute Gasteiger partial charge is 0.191 e. The Labute approximate surface area is 101 Å². The summed E-state index contributed by atoms with van der Waals surface area (Å²) in [7, 11) is 0. The molecule has 0 spiro atoms.